The maximum atomic E-state index is 12.5. The topological polar surface area (TPSA) is 94.5 Å². The van der Waals surface area contributed by atoms with Crippen LogP contribution in [0, 0.1) is 17.2 Å². The van der Waals surface area contributed by atoms with Crippen LogP contribution in [0.2, 0.25) is 0 Å². The first-order valence-corrected chi connectivity index (χ1v) is 8.28. The molecule has 0 saturated carbocycles. The van der Waals surface area contributed by atoms with Gasteiger partial charge in [-0.2, -0.15) is 5.26 Å². The summed E-state index contributed by atoms with van der Waals surface area (Å²) in [5.41, 5.74) is 0.956. The molecule has 0 unspecified atom stereocenters. The number of rotatable bonds is 9. The molecule has 1 atom stereocenters. The number of para-hydroxylation sites is 1. The molecule has 136 valence electrons. The second-order valence-corrected chi connectivity index (χ2v) is 5.88. The Morgan fingerprint density at radius 3 is 2.48 bits per heavy atom. The van der Waals surface area contributed by atoms with Gasteiger partial charge in [-0.25, -0.2) is 9.59 Å². The molecule has 0 fully saturated rings. The number of ether oxygens (including phenoxy) is 1. The lowest BCUT2D eigenvalue weighted by Crippen LogP contribution is -2.51. The van der Waals surface area contributed by atoms with Gasteiger partial charge in [-0.3, -0.25) is 0 Å². The van der Waals surface area contributed by atoms with Gasteiger partial charge in [0.15, 0.2) is 0 Å². The van der Waals surface area contributed by atoms with E-state index < -0.39 is 12.0 Å². The summed E-state index contributed by atoms with van der Waals surface area (Å²) in [4.78, 5) is 25.8. The third-order valence-corrected chi connectivity index (χ3v) is 3.67. The van der Waals surface area contributed by atoms with Gasteiger partial charge in [-0.15, -0.1) is 0 Å². The third kappa shape index (κ3) is 7.12. The predicted octanol–water partition coefficient (Wildman–Crippen LogP) is 2.22. The Balaban J connectivity index is 2.64. The van der Waals surface area contributed by atoms with E-state index in [0.717, 1.165) is 5.69 Å². The highest BCUT2D eigenvalue weighted by atomic mass is 16.5. The zero-order valence-electron chi connectivity index (χ0n) is 15.0. The number of carbonyl (C=O) groups is 2. The number of amides is 2. The van der Waals surface area contributed by atoms with Crippen molar-refractivity contribution in [2.45, 2.75) is 26.3 Å². The normalized spacial score (nSPS) is 11.3. The zero-order chi connectivity index (χ0) is 18.7. The number of urea groups is 1. The van der Waals surface area contributed by atoms with Crippen LogP contribution >= 0.6 is 0 Å². The molecule has 25 heavy (non-hydrogen) atoms. The minimum absolute atomic E-state index is 0.100. The fraction of sp³-hybridized carbons (Fsp3) is 0.500. The van der Waals surface area contributed by atoms with Gasteiger partial charge in [0.2, 0.25) is 0 Å². The smallest absolute Gasteiger partial charge is 0.328 e. The van der Waals surface area contributed by atoms with Crippen molar-refractivity contribution in [2.24, 2.45) is 5.92 Å². The number of benzene rings is 1. The summed E-state index contributed by atoms with van der Waals surface area (Å²) >= 11 is 0. The molecule has 1 aromatic rings. The number of esters is 1. The molecule has 2 N–H and O–H groups in total. The number of hydrogen-bond donors (Lipinski definition) is 2. The van der Waals surface area contributed by atoms with Crippen molar-refractivity contribution in [3.63, 3.8) is 0 Å². The van der Waals surface area contributed by atoms with Gasteiger partial charge in [0.1, 0.15) is 6.04 Å². The summed E-state index contributed by atoms with van der Waals surface area (Å²) < 4.78 is 4.74. The van der Waals surface area contributed by atoms with Crippen molar-refractivity contribution >= 4 is 17.7 Å². The van der Waals surface area contributed by atoms with Crippen molar-refractivity contribution in [1.82, 2.24) is 10.2 Å². The summed E-state index contributed by atoms with van der Waals surface area (Å²) in [6.45, 7) is 4.91. The molecule has 0 aliphatic heterocycles. The molecule has 7 nitrogen and oxygen atoms in total. The van der Waals surface area contributed by atoms with Crippen molar-refractivity contribution in [3.05, 3.63) is 30.3 Å². The number of hydrogen-bond acceptors (Lipinski definition) is 5. The average Bonchev–Trinajstić information content (AvgIpc) is 2.62. The fourth-order valence-corrected chi connectivity index (χ4v) is 2.24. The van der Waals surface area contributed by atoms with Crippen LogP contribution in [0.5, 0.6) is 0 Å². The largest absolute Gasteiger partial charge is 0.467 e. The van der Waals surface area contributed by atoms with Crippen LogP contribution in [0.1, 0.15) is 20.3 Å². The molecule has 0 heterocycles. The quantitative estimate of drug-likeness (QED) is 0.669. The SMILES string of the molecule is COC(=O)[C@@H](NC(=O)N(CCC#N)CCNc1ccccc1)C(C)C. The zero-order valence-corrected chi connectivity index (χ0v) is 15.0. The van der Waals surface area contributed by atoms with Crippen molar-refractivity contribution in [1.29, 1.82) is 5.26 Å². The van der Waals surface area contributed by atoms with Gasteiger partial charge in [-0.05, 0) is 18.1 Å². The van der Waals surface area contributed by atoms with Gasteiger partial charge in [0.25, 0.3) is 0 Å². The third-order valence-electron chi connectivity index (χ3n) is 3.67. The summed E-state index contributed by atoms with van der Waals surface area (Å²) in [5, 5.41) is 14.7. The first kappa shape index (κ1) is 20.3. The van der Waals surface area contributed by atoms with Gasteiger partial charge in [0.05, 0.1) is 19.6 Å². The number of nitrogens with zero attached hydrogens (tertiary/aromatic N) is 2. The van der Waals surface area contributed by atoms with E-state index in [2.05, 4.69) is 10.6 Å². The molecular formula is C18H26N4O3. The number of methoxy groups -OCH3 is 1. The molecule has 1 rings (SSSR count). The molecule has 0 saturated heterocycles. The second-order valence-electron chi connectivity index (χ2n) is 5.88. The Kier molecular flexibility index (Phi) is 8.86. The summed E-state index contributed by atoms with van der Waals surface area (Å²) in [6.07, 6.45) is 0.226. The number of nitrogens with one attached hydrogen (secondary N) is 2. The Bertz CT molecular complexity index is 584. The lowest BCUT2D eigenvalue weighted by atomic mass is 10.1. The first-order chi connectivity index (χ1) is 12.0. The van der Waals surface area contributed by atoms with E-state index in [9.17, 15) is 9.59 Å². The highest BCUT2D eigenvalue weighted by molar-refractivity contribution is 5.83. The molecule has 1 aromatic carbocycles. The maximum Gasteiger partial charge on any atom is 0.328 e. The van der Waals surface area contributed by atoms with E-state index >= 15 is 0 Å². The summed E-state index contributed by atoms with van der Waals surface area (Å²) in [6, 6.07) is 10.6. The van der Waals surface area contributed by atoms with Crippen molar-refractivity contribution in [2.75, 3.05) is 32.1 Å². The van der Waals surface area contributed by atoms with Crippen LogP contribution in [0.3, 0.4) is 0 Å². The van der Waals surface area contributed by atoms with Crippen LogP contribution in [0.25, 0.3) is 0 Å². The van der Waals surface area contributed by atoms with Crippen LogP contribution in [-0.4, -0.2) is 49.7 Å². The van der Waals surface area contributed by atoms with E-state index in [0.29, 0.717) is 19.6 Å². The van der Waals surface area contributed by atoms with Gasteiger partial charge >= 0.3 is 12.0 Å². The van der Waals surface area contributed by atoms with E-state index in [1.54, 1.807) is 0 Å². The van der Waals surface area contributed by atoms with Crippen LogP contribution in [0.4, 0.5) is 10.5 Å². The predicted molar refractivity (Wildman–Crippen MR) is 95.9 cm³/mol. The highest BCUT2D eigenvalue weighted by Crippen LogP contribution is 2.07. The van der Waals surface area contributed by atoms with Crippen molar-refractivity contribution < 1.29 is 14.3 Å². The Labute approximate surface area is 148 Å². The standard InChI is InChI=1S/C18H26N4O3/c1-14(2)16(17(23)25-3)21-18(24)22(12-7-10-19)13-11-20-15-8-5-4-6-9-15/h4-6,8-9,14,16,20H,7,11-13H2,1-3H3,(H,21,24)/t16-/m0/s1. The summed E-state index contributed by atoms with van der Waals surface area (Å²) in [5.74, 6) is -0.581. The van der Waals surface area contributed by atoms with Gasteiger partial charge in [-0.1, -0.05) is 32.0 Å². The minimum Gasteiger partial charge on any atom is -0.467 e. The van der Waals surface area contributed by atoms with Crippen LogP contribution in [-0.2, 0) is 9.53 Å². The molecule has 7 heteroatoms. The van der Waals surface area contributed by atoms with E-state index in [1.807, 2.05) is 50.2 Å². The molecule has 0 radical (unpaired) electrons. The molecule has 0 bridgehead atoms. The molecule has 0 aliphatic rings. The lowest BCUT2D eigenvalue weighted by Gasteiger charge is -2.26. The average molecular weight is 346 g/mol. The van der Waals surface area contributed by atoms with Gasteiger partial charge in [0, 0.05) is 25.3 Å². The Morgan fingerprint density at radius 1 is 1.24 bits per heavy atom. The lowest BCUT2D eigenvalue weighted by molar-refractivity contribution is -0.144. The Hall–Kier alpha value is -2.75. The number of anilines is 1. The van der Waals surface area contributed by atoms with Gasteiger partial charge < -0.3 is 20.3 Å². The monoisotopic (exact) mass is 346 g/mol. The second kappa shape index (κ2) is 10.9. The van der Waals surface area contributed by atoms with E-state index in [1.165, 1.54) is 12.0 Å². The highest BCUT2D eigenvalue weighted by Gasteiger charge is 2.26. The summed E-state index contributed by atoms with van der Waals surface area (Å²) in [7, 11) is 1.29. The van der Waals surface area contributed by atoms with Crippen molar-refractivity contribution in [3.8, 4) is 6.07 Å². The molecule has 0 spiro atoms. The van der Waals surface area contributed by atoms with Crippen LogP contribution < -0.4 is 10.6 Å². The maximum absolute atomic E-state index is 12.5. The van der Waals surface area contributed by atoms with E-state index in [4.69, 9.17) is 10.00 Å². The number of carbonyl (C=O) groups excluding carboxylic acids is 2. The van der Waals surface area contributed by atoms with Crippen LogP contribution in [0.15, 0.2) is 30.3 Å². The Morgan fingerprint density at radius 2 is 1.92 bits per heavy atom. The van der Waals surface area contributed by atoms with E-state index in [-0.39, 0.29) is 18.4 Å². The molecule has 0 aliphatic carbocycles. The molecule has 0 aromatic heterocycles. The fourth-order valence-electron chi connectivity index (χ4n) is 2.24. The number of nitriles is 1. The molecular weight excluding hydrogens is 320 g/mol. The molecule has 2 amide bonds. The first-order valence-electron chi connectivity index (χ1n) is 8.28. The minimum atomic E-state index is -0.718.